The van der Waals surface area contributed by atoms with Crippen molar-refractivity contribution in [3.8, 4) is 9.88 Å². The zero-order chi connectivity index (χ0) is 13.9. The Kier molecular flexibility index (Phi) is 2.30. The first-order valence-electron chi connectivity index (χ1n) is 5.81. The van der Waals surface area contributed by atoms with Gasteiger partial charge in [0.15, 0.2) is 10.5 Å². The molecule has 0 radical (unpaired) electrons. The largest absolute Gasteiger partial charge is 0.305 e. The van der Waals surface area contributed by atoms with Crippen LogP contribution in [0.3, 0.4) is 0 Å². The summed E-state index contributed by atoms with van der Waals surface area (Å²) in [6.07, 6.45) is 0. The van der Waals surface area contributed by atoms with E-state index in [1.807, 2.05) is 0 Å². The molecule has 0 atom stereocenters. The second-order valence-corrected chi connectivity index (χ2v) is 6.58. The first-order valence-corrected chi connectivity index (χ1v) is 7.44. The Morgan fingerprint density at radius 2 is 2.10 bits per heavy atom. The smallest absolute Gasteiger partial charge is 0.265 e. The molecule has 0 saturated carbocycles. The third-order valence-corrected chi connectivity index (χ3v) is 5.29. The summed E-state index contributed by atoms with van der Waals surface area (Å²) in [6, 6.07) is 2.08. The average Bonchev–Trinajstić information content (AvgIpc) is 3.09. The highest BCUT2D eigenvalue weighted by molar-refractivity contribution is 7.24. The number of rotatable bonds is 1. The van der Waals surface area contributed by atoms with Crippen molar-refractivity contribution in [2.75, 3.05) is 0 Å². The predicted molar refractivity (Wildman–Crippen MR) is 77.4 cm³/mol. The molecule has 0 aliphatic rings. The van der Waals surface area contributed by atoms with Crippen molar-refractivity contribution in [1.29, 1.82) is 0 Å². The number of H-pyrrole nitrogens is 1. The van der Waals surface area contributed by atoms with Crippen molar-refractivity contribution >= 4 is 38.8 Å². The summed E-state index contributed by atoms with van der Waals surface area (Å²) >= 11 is 3.04. The fraction of sp³-hybridized carbons (Fsp3) is 0.182. The van der Waals surface area contributed by atoms with Crippen LogP contribution in [-0.2, 0) is 0 Å². The summed E-state index contributed by atoms with van der Waals surface area (Å²) in [4.78, 5) is 19.3. The minimum Gasteiger partial charge on any atom is -0.265 e. The van der Waals surface area contributed by atoms with Gasteiger partial charge in [-0.1, -0.05) is 11.3 Å². The van der Waals surface area contributed by atoms with Crippen LogP contribution in [0.25, 0.3) is 26.0 Å². The number of aromatic nitrogens is 6. The first-order chi connectivity index (χ1) is 9.63. The van der Waals surface area contributed by atoms with Crippen LogP contribution in [0.1, 0.15) is 10.4 Å². The Morgan fingerprint density at radius 3 is 2.85 bits per heavy atom. The molecule has 7 nitrogen and oxygen atoms in total. The Bertz CT molecular complexity index is 988. The maximum Gasteiger partial charge on any atom is 0.305 e. The van der Waals surface area contributed by atoms with Crippen molar-refractivity contribution in [3.05, 3.63) is 26.9 Å². The Labute approximate surface area is 119 Å². The highest BCUT2D eigenvalue weighted by atomic mass is 32.1. The van der Waals surface area contributed by atoms with Gasteiger partial charge in [-0.2, -0.15) is 19.8 Å². The summed E-state index contributed by atoms with van der Waals surface area (Å²) in [7, 11) is 0. The fourth-order valence-corrected chi connectivity index (χ4v) is 3.86. The van der Waals surface area contributed by atoms with Crippen LogP contribution in [0.15, 0.2) is 10.9 Å². The van der Waals surface area contributed by atoms with Crippen LogP contribution in [0.5, 0.6) is 0 Å². The van der Waals surface area contributed by atoms with E-state index in [0.717, 1.165) is 9.88 Å². The van der Waals surface area contributed by atoms with Crippen LogP contribution in [0.4, 0.5) is 0 Å². The predicted octanol–water partition coefficient (Wildman–Crippen LogP) is 1.77. The highest BCUT2D eigenvalue weighted by Gasteiger charge is 2.15. The monoisotopic (exact) mass is 304 g/mol. The zero-order valence-electron chi connectivity index (χ0n) is 10.5. The van der Waals surface area contributed by atoms with Crippen LogP contribution < -0.4 is 5.56 Å². The van der Waals surface area contributed by atoms with Crippen molar-refractivity contribution in [1.82, 2.24) is 30.0 Å². The van der Waals surface area contributed by atoms with Gasteiger partial charge in [-0.3, -0.25) is 4.79 Å². The first kappa shape index (κ1) is 11.7. The topological polar surface area (TPSA) is 88.8 Å². The summed E-state index contributed by atoms with van der Waals surface area (Å²) in [6.45, 7) is 4.13. The molecule has 0 aliphatic carbocycles. The van der Waals surface area contributed by atoms with Gasteiger partial charge in [0, 0.05) is 4.88 Å². The van der Waals surface area contributed by atoms with Gasteiger partial charge in [-0.25, -0.2) is 0 Å². The van der Waals surface area contributed by atoms with E-state index in [1.165, 1.54) is 26.3 Å². The lowest BCUT2D eigenvalue weighted by atomic mass is 10.3. The molecule has 1 N–H and O–H groups in total. The summed E-state index contributed by atoms with van der Waals surface area (Å²) < 4.78 is 1.29. The second kappa shape index (κ2) is 3.93. The highest BCUT2D eigenvalue weighted by Crippen LogP contribution is 2.32. The normalized spacial score (nSPS) is 11.7. The molecule has 0 saturated heterocycles. The molecular formula is C11H8N6OS2. The van der Waals surface area contributed by atoms with Crippen molar-refractivity contribution < 1.29 is 0 Å². The average molecular weight is 304 g/mol. The van der Waals surface area contributed by atoms with Crippen LogP contribution in [-0.4, -0.2) is 30.0 Å². The maximum absolute atomic E-state index is 12.2. The molecule has 0 fully saturated rings. The van der Waals surface area contributed by atoms with E-state index in [0.29, 0.717) is 10.6 Å². The summed E-state index contributed by atoms with van der Waals surface area (Å²) in [5.41, 5.74) is 1.45. The SMILES string of the molecule is Cc1cc(-c2nn3c(=O)c4n[nH]nc4nc3s2)sc1C. The molecule has 0 amide bonds. The van der Waals surface area contributed by atoms with Gasteiger partial charge in [-0.05, 0) is 25.5 Å². The maximum atomic E-state index is 12.2. The summed E-state index contributed by atoms with van der Waals surface area (Å²) in [5, 5.41) is 15.2. The number of hydrogen-bond donors (Lipinski definition) is 1. The molecule has 4 rings (SSSR count). The van der Waals surface area contributed by atoms with Gasteiger partial charge in [-0.15, -0.1) is 21.5 Å². The van der Waals surface area contributed by atoms with Gasteiger partial charge >= 0.3 is 5.56 Å². The molecule has 9 heteroatoms. The molecule has 0 unspecified atom stereocenters. The molecule has 4 aromatic heterocycles. The Morgan fingerprint density at radius 1 is 1.25 bits per heavy atom. The van der Waals surface area contributed by atoms with E-state index in [-0.39, 0.29) is 11.1 Å². The lowest BCUT2D eigenvalue weighted by Crippen LogP contribution is -2.15. The third-order valence-electron chi connectivity index (χ3n) is 3.06. The summed E-state index contributed by atoms with van der Waals surface area (Å²) in [5.74, 6) is 0. The molecule has 20 heavy (non-hydrogen) atoms. The van der Waals surface area contributed by atoms with Gasteiger partial charge in [0.05, 0.1) is 4.88 Å². The van der Waals surface area contributed by atoms with Crippen molar-refractivity contribution in [3.63, 3.8) is 0 Å². The van der Waals surface area contributed by atoms with Gasteiger partial charge in [0.1, 0.15) is 0 Å². The molecule has 4 heterocycles. The Balaban J connectivity index is 2.03. The van der Waals surface area contributed by atoms with E-state index >= 15 is 0 Å². The zero-order valence-corrected chi connectivity index (χ0v) is 12.2. The minimum atomic E-state index is -0.300. The number of thiophene rings is 1. The van der Waals surface area contributed by atoms with Gasteiger partial charge in [0.25, 0.3) is 0 Å². The number of aryl methyl sites for hydroxylation is 2. The van der Waals surface area contributed by atoms with E-state index in [4.69, 9.17) is 0 Å². The molecule has 4 aromatic rings. The standard InChI is InChI=1S/C11H8N6OS2/c1-4-3-6(19-5(4)2)9-15-17-10(18)7-8(14-16-13-7)12-11(17)20-9/h3H,1-2H3,(H,13,14,16). The van der Waals surface area contributed by atoms with Crippen LogP contribution in [0.2, 0.25) is 0 Å². The molecule has 0 aliphatic heterocycles. The molecule has 0 aromatic carbocycles. The number of fused-ring (bicyclic) bond motifs is 2. The van der Waals surface area contributed by atoms with E-state index < -0.39 is 0 Å². The van der Waals surface area contributed by atoms with Gasteiger partial charge in [0.2, 0.25) is 10.6 Å². The number of aromatic amines is 1. The van der Waals surface area contributed by atoms with E-state index in [2.05, 4.69) is 45.4 Å². The van der Waals surface area contributed by atoms with E-state index in [1.54, 1.807) is 11.3 Å². The lowest BCUT2D eigenvalue weighted by Gasteiger charge is -1.87. The molecule has 100 valence electrons. The van der Waals surface area contributed by atoms with Crippen LogP contribution >= 0.6 is 22.7 Å². The van der Waals surface area contributed by atoms with Gasteiger partial charge < -0.3 is 0 Å². The van der Waals surface area contributed by atoms with Crippen LogP contribution in [0, 0.1) is 13.8 Å². The Hall–Kier alpha value is -2.13. The van der Waals surface area contributed by atoms with E-state index in [9.17, 15) is 4.79 Å². The molecule has 0 bridgehead atoms. The fourth-order valence-electron chi connectivity index (χ4n) is 1.90. The number of nitrogens with one attached hydrogen (secondary N) is 1. The molecule has 0 spiro atoms. The number of hydrogen-bond acceptors (Lipinski definition) is 7. The lowest BCUT2D eigenvalue weighted by molar-refractivity contribution is 0.914. The minimum absolute atomic E-state index is 0.206. The third kappa shape index (κ3) is 1.53. The quantitative estimate of drug-likeness (QED) is 0.579. The van der Waals surface area contributed by atoms with Crippen molar-refractivity contribution in [2.24, 2.45) is 0 Å². The van der Waals surface area contributed by atoms with Crippen molar-refractivity contribution in [2.45, 2.75) is 13.8 Å². The molecular weight excluding hydrogens is 296 g/mol. The second-order valence-electron chi connectivity index (χ2n) is 4.36. The number of nitrogens with zero attached hydrogens (tertiary/aromatic N) is 5.